The summed E-state index contributed by atoms with van der Waals surface area (Å²) < 4.78 is 0. The van der Waals surface area contributed by atoms with E-state index in [4.69, 9.17) is 0 Å². The zero-order chi connectivity index (χ0) is 16.2. The zero-order valence-electron chi connectivity index (χ0n) is 13.6. The van der Waals surface area contributed by atoms with E-state index in [1.54, 1.807) is 0 Å². The largest absolute Gasteiger partial charge is 0.355 e. The van der Waals surface area contributed by atoms with Gasteiger partial charge in [0, 0.05) is 24.7 Å². The topological polar surface area (TPSA) is 58.1 Å². The number of aryl methyl sites for hydroxylation is 2. The number of amides is 1. The van der Waals surface area contributed by atoms with Crippen molar-refractivity contribution in [2.24, 2.45) is 5.92 Å². The average molecular weight is 310 g/mol. The molecule has 1 aromatic heterocycles. The number of benzene rings is 1. The molecule has 0 radical (unpaired) electrons. The lowest BCUT2D eigenvalue weighted by Crippen LogP contribution is -2.38. The second kappa shape index (κ2) is 6.77. The van der Waals surface area contributed by atoms with E-state index in [9.17, 15) is 4.79 Å². The number of anilines is 2. The van der Waals surface area contributed by atoms with E-state index in [1.807, 2.05) is 50.2 Å². The van der Waals surface area contributed by atoms with Gasteiger partial charge in [0.15, 0.2) is 5.82 Å². The molecule has 3 rings (SSSR count). The van der Waals surface area contributed by atoms with Crippen LogP contribution in [-0.2, 0) is 4.79 Å². The summed E-state index contributed by atoms with van der Waals surface area (Å²) >= 11 is 0. The number of nitrogens with one attached hydrogen (secondary N) is 1. The van der Waals surface area contributed by atoms with Crippen molar-refractivity contribution in [3.05, 3.63) is 47.7 Å². The first kappa shape index (κ1) is 15.5. The van der Waals surface area contributed by atoms with Crippen LogP contribution in [0.2, 0.25) is 0 Å². The Kier molecular flexibility index (Phi) is 4.55. The Morgan fingerprint density at radius 1 is 1.04 bits per heavy atom. The zero-order valence-corrected chi connectivity index (χ0v) is 13.6. The Hall–Kier alpha value is -2.43. The van der Waals surface area contributed by atoms with Gasteiger partial charge >= 0.3 is 0 Å². The molecule has 0 saturated carbocycles. The standard InChI is InChI=1S/C18H22N4O/c1-13-3-6-16(7-4-13)19-18(23)15-9-11-22(12-10-15)17-8-5-14(2)20-21-17/h3-8,15H,9-12H2,1-2H3,(H,19,23). The van der Waals surface area contributed by atoms with Crippen molar-refractivity contribution in [2.45, 2.75) is 26.7 Å². The molecule has 1 aromatic carbocycles. The van der Waals surface area contributed by atoms with E-state index >= 15 is 0 Å². The monoisotopic (exact) mass is 310 g/mol. The van der Waals surface area contributed by atoms with Crippen molar-refractivity contribution >= 4 is 17.4 Å². The fraction of sp³-hybridized carbons (Fsp3) is 0.389. The molecular weight excluding hydrogens is 288 g/mol. The van der Waals surface area contributed by atoms with Gasteiger partial charge in [-0.2, -0.15) is 5.10 Å². The third-order valence-corrected chi connectivity index (χ3v) is 4.29. The number of hydrogen-bond acceptors (Lipinski definition) is 4. The predicted molar refractivity (Wildman–Crippen MR) is 91.5 cm³/mol. The van der Waals surface area contributed by atoms with Crippen molar-refractivity contribution in [3.63, 3.8) is 0 Å². The Morgan fingerprint density at radius 3 is 2.35 bits per heavy atom. The predicted octanol–water partition coefficient (Wildman–Crippen LogP) is 2.95. The van der Waals surface area contributed by atoms with Gasteiger partial charge in [-0.1, -0.05) is 17.7 Å². The maximum absolute atomic E-state index is 12.4. The fourth-order valence-corrected chi connectivity index (χ4v) is 2.81. The summed E-state index contributed by atoms with van der Waals surface area (Å²) in [5, 5.41) is 11.3. The second-order valence-corrected chi connectivity index (χ2v) is 6.15. The minimum atomic E-state index is 0.0611. The van der Waals surface area contributed by atoms with E-state index in [0.29, 0.717) is 0 Å². The molecule has 5 heteroatoms. The highest BCUT2D eigenvalue weighted by atomic mass is 16.1. The van der Waals surface area contributed by atoms with E-state index in [2.05, 4.69) is 20.4 Å². The highest BCUT2D eigenvalue weighted by Crippen LogP contribution is 2.23. The molecule has 0 unspecified atom stereocenters. The smallest absolute Gasteiger partial charge is 0.227 e. The molecular formula is C18H22N4O. The molecule has 0 aliphatic carbocycles. The second-order valence-electron chi connectivity index (χ2n) is 6.15. The van der Waals surface area contributed by atoms with Gasteiger partial charge in [-0.05, 0) is 51.0 Å². The van der Waals surface area contributed by atoms with E-state index in [1.165, 1.54) is 5.56 Å². The van der Waals surface area contributed by atoms with Gasteiger partial charge in [-0.25, -0.2) is 0 Å². The van der Waals surface area contributed by atoms with Crippen molar-refractivity contribution in [3.8, 4) is 0 Å². The Balaban J connectivity index is 1.54. The summed E-state index contributed by atoms with van der Waals surface area (Å²) in [5.74, 6) is 1.07. The average Bonchev–Trinajstić information content (AvgIpc) is 2.58. The molecule has 1 aliphatic rings. The minimum absolute atomic E-state index is 0.0611. The summed E-state index contributed by atoms with van der Waals surface area (Å²) in [6.45, 7) is 5.64. The van der Waals surface area contributed by atoms with Gasteiger partial charge in [0.25, 0.3) is 0 Å². The van der Waals surface area contributed by atoms with Gasteiger partial charge in [0.1, 0.15) is 0 Å². The number of aromatic nitrogens is 2. The molecule has 0 spiro atoms. The van der Waals surface area contributed by atoms with Crippen LogP contribution in [-0.4, -0.2) is 29.2 Å². The number of hydrogen-bond donors (Lipinski definition) is 1. The Labute approximate surface area is 136 Å². The molecule has 5 nitrogen and oxygen atoms in total. The SMILES string of the molecule is Cc1ccc(NC(=O)C2CCN(c3ccc(C)nn3)CC2)cc1. The molecule has 23 heavy (non-hydrogen) atoms. The molecule has 0 bridgehead atoms. The van der Waals surface area contributed by atoms with Crippen LogP contribution in [0.3, 0.4) is 0 Å². The maximum atomic E-state index is 12.4. The molecule has 1 amide bonds. The molecule has 1 fully saturated rings. The Bertz CT molecular complexity index is 658. The molecule has 2 aromatic rings. The number of carbonyl (C=O) groups excluding carboxylic acids is 1. The lowest BCUT2D eigenvalue weighted by molar-refractivity contribution is -0.120. The van der Waals surface area contributed by atoms with E-state index in [0.717, 1.165) is 43.1 Å². The van der Waals surface area contributed by atoms with Gasteiger partial charge in [-0.3, -0.25) is 4.79 Å². The number of nitrogens with zero attached hydrogens (tertiary/aromatic N) is 3. The summed E-state index contributed by atoms with van der Waals surface area (Å²) in [6.07, 6.45) is 1.68. The van der Waals surface area contributed by atoms with Gasteiger partial charge in [-0.15, -0.1) is 5.10 Å². The quantitative estimate of drug-likeness (QED) is 0.947. The molecule has 2 heterocycles. The van der Waals surface area contributed by atoms with Crippen LogP contribution in [0.15, 0.2) is 36.4 Å². The van der Waals surface area contributed by atoms with Gasteiger partial charge in [0.2, 0.25) is 5.91 Å². The number of rotatable bonds is 3. The summed E-state index contributed by atoms with van der Waals surface area (Å²) in [6, 6.07) is 11.9. The molecule has 1 aliphatic heterocycles. The fourth-order valence-electron chi connectivity index (χ4n) is 2.81. The van der Waals surface area contributed by atoms with Crippen LogP contribution < -0.4 is 10.2 Å². The number of piperidine rings is 1. The van der Waals surface area contributed by atoms with E-state index < -0.39 is 0 Å². The third kappa shape index (κ3) is 3.86. The first-order valence-electron chi connectivity index (χ1n) is 8.04. The van der Waals surface area contributed by atoms with Crippen LogP contribution in [0, 0.1) is 19.8 Å². The first-order chi connectivity index (χ1) is 11.1. The lowest BCUT2D eigenvalue weighted by Gasteiger charge is -2.31. The summed E-state index contributed by atoms with van der Waals surface area (Å²) in [7, 11) is 0. The molecule has 0 atom stereocenters. The van der Waals surface area contributed by atoms with Crippen molar-refractivity contribution in [2.75, 3.05) is 23.3 Å². The normalized spacial score (nSPS) is 15.5. The molecule has 120 valence electrons. The lowest BCUT2D eigenvalue weighted by atomic mass is 9.95. The maximum Gasteiger partial charge on any atom is 0.227 e. The van der Waals surface area contributed by atoms with Gasteiger partial charge in [0.05, 0.1) is 5.69 Å². The van der Waals surface area contributed by atoms with Crippen molar-refractivity contribution in [1.29, 1.82) is 0 Å². The molecule has 1 N–H and O–H groups in total. The minimum Gasteiger partial charge on any atom is -0.355 e. The first-order valence-corrected chi connectivity index (χ1v) is 8.04. The van der Waals surface area contributed by atoms with E-state index in [-0.39, 0.29) is 11.8 Å². The van der Waals surface area contributed by atoms with Crippen molar-refractivity contribution in [1.82, 2.24) is 10.2 Å². The highest BCUT2D eigenvalue weighted by Gasteiger charge is 2.25. The van der Waals surface area contributed by atoms with Crippen LogP contribution in [0.1, 0.15) is 24.1 Å². The van der Waals surface area contributed by atoms with Gasteiger partial charge < -0.3 is 10.2 Å². The van der Waals surface area contributed by atoms with Crippen LogP contribution in [0.25, 0.3) is 0 Å². The van der Waals surface area contributed by atoms with Crippen molar-refractivity contribution < 1.29 is 4.79 Å². The van der Waals surface area contributed by atoms with Crippen LogP contribution in [0.4, 0.5) is 11.5 Å². The summed E-state index contributed by atoms with van der Waals surface area (Å²) in [4.78, 5) is 14.6. The van der Waals surface area contributed by atoms with Crippen LogP contribution in [0.5, 0.6) is 0 Å². The number of carbonyl (C=O) groups is 1. The summed E-state index contributed by atoms with van der Waals surface area (Å²) in [5.41, 5.74) is 2.98. The third-order valence-electron chi connectivity index (χ3n) is 4.29. The highest BCUT2D eigenvalue weighted by molar-refractivity contribution is 5.92. The Morgan fingerprint density at radius 2 is 1.74 bits per heavy atom. The van der Waals surface area contributed by atoms with Crippen LogP contribution >= 0.6 is 0 Å². The molecule has 1 saturated heterocycles.